The Bertz CT molecular complexity index is 202. The number of ether oxygens (including phenoxy) is 1. The summed E-state index contributed by atoms with van der Waals surface area (Å²) >= 11 is 0. The van der Waals surface area contributed by atoms with Crippen LogP contribution in [0, 0.1) is 0 Å². The SMILES string of the molecule is COC(=O)[C@@H]1CC(=O)C[C@H](C)N1. The number of hydrogen-bond acceptors (Lipinski definition) is 4. The molecule has 0 radical (unpaired) electrons. The average molecular weight is 171 g/mol. The van der Waals surface area contributed by atoms with Crippen molar-refractivity contribution >= 4 is 11.8 Å². The van der Waals surface area contributed by atoms with Gasteiger partial charge >= 0.3 is 5.97 Å². The molecule has 1 heterocycles. The Kier molecular flexibility index (Phi) is 2.81. The molecule has 1 N–H and O–H groups in total. The van der Waals surface area contributed by atoms with E-state index in [2.05, 4.69) is 10.1 Å². The van der Waals surface area contributed by atoms with E-state index in [-0.39, 0.29) is 24.2 Å². The summed E-state index contributed by atoms with van der Waals surface area (Å²) in [6.45, 7) is 1.88. The highest BCUT2D eigenvalue weighted by atomic mass is 16.5. The van der Waals surface area contributed by atoms with Crippen LogP contribution in [0.2, 0.25) is 0 Å². The van der Waals surface area contributed by atoms with Crippen LogP contribution in [0.15, 0.2) is 0 Å². The Morgan fingerprint density at radius 3 is 2.75 bits per heavy atom. The lowest BCUT2D eigenvalue weighted by Crippen LogP contribution is -2.49. The summed E-state index contributed by atoms with van der Waals surface area (Å²) in [5, 5.41) is 3.00. The van der Waals surface area contributed by atoms with Crippen LogP contribution >= 0.6 is 0 Å². The number of Topliss-reactive ketones (excluding diaryl/α,β-unsaturated/α-hetero) is 1. The predicted octanol–water partition coefficient (Wildman–Crippen LogP) is -0.131. The van der Waals surface area contributed by atoms with Gasteiger partial charge in [-0.1, -0.05) is 0 Å². The normalized spacial score (nSPS) is 30.0. The number of rotatable bonds is 1. The van der Waals surface area contributed by atoms with Crippen LogP contribution in [0.5, 0.6) is 0 Å². The van der Waals surface area contributed by atoms with Gasteiger partial charge in [0.2, 0.25) is 0 Å². The molecule has 1 saturated heterocycles. The van der Waals surface area contributed by atoms with Crippen LogP contribution in [-0.4, -0.2) is 30.9 Å². The Morgan fingerprint density at radius 1 is 1.58 bits per heavy atom. The minimum Gasteiger partial charge on any atom is -0.468 e. The van der Waals surface area contributed by atoms with Crippen LogP contribution in [0.1, 0.15) is 19.8 Å². The lowest BCUT2D eigenvalue weighted by atomic mass is 9.98. The smallest absolute Gasteiger partial charge is 0.323 e. The zero-order chi connectivity index (χ0) is 9.14. The molecule has 2 atom stereocenters. The van der Waals surface area contributed by atoms with Crippen LogP contribution in [0.25, 0.3) is 0 Å². The van der Waals surface area contributed by atoms with E-state index >= 15 is 0 Å². The number of esters is 1. The Labute approximate surface area is 71.3 Å². The van der Waals surface area contributed by atoms with E-state index in [0.29, 0.717) is 6.42 Å². The molecule has 0 aromatic rings. The third kappa shape index (κ3) is 2.04. The first kappa shape index (κ1) is 9.19. The van der Waals surface area contributed by atoms with E-state index in [1.165, 1.54) is 7.11 Å². The molecule has 0 aliphatic carbocycles. The highest BCUT2D eigenvalue weighted by Crippen LogP contribution is 2.09. The predicted molar refractivity (Wildman–Crippen MR) is 42.6 cm³/mol. The van der Waals surface area contributed by atoms with Gasteiger partial charge in [0.05, 0.1) is 7.11 Å². The number of hydrogen-bond donors (Lipinski definition) is 1. The number of ketones is 1. The van der Waals surface area contributed by atoms with E-state index < -0.39 is 6.04 Å². The zero-order valence-electron chi connectivity index (χ0n) is 7.29. The largest absolute Gasteiger partial charge is 0.468 e. The Balaban J connectivity index is 2.55. The van der Waals surface area contributed by atoms with Gasteiger partial charge in [-0.2, -0.15) is 0 Å². The van der Waals surface area contributed by atoms with Crippen LogP contribution in [-0.2, 0) is 14.3 Å². The third-order valence-corrected chi connectivity index (χ3v) is 1.94. The fourth-order valence-corrected chi connectivity index (χ4v) is 1.41. The molecule has 1 fully saturated rings. The number of carbonyl (C=O) groups is 2. The molecule has 0 spiro atoms. The Morgan fingerprint density at radius 2 is 2.25 bits per heavy atom. The number of nitrogens with one attached hydrogen (secondary N) is 1. The van der Waals surface area contributed by atoms with Crippen molar-refractivity contribution in [3.05, 3.63) is 0 Å². The highest BCUT2D eigenvalue weighted by Gasteiger charge is 2.29. The van der Waals surface area contributed by atoms with Crippen molar-refractivity contribution in [1.29, 1.82) is 0 Å². The van der Waals surface area contributed by atoms with Crippen molar-refractivity contribution in [2.24, 2.45) is 0 Å². The summed E-state index contributed by atoms with van der Waals surface area (Å²) < 4.78 is 4.53. The number of methoxy groups -OCH3 is 1. The van der Waals surface area contributed by atoms with Gasteiger partial charge in [0.1, 0.15) is 11.8 Å². The van der Waals surface area contributed by atoms with E-state index in [0.717, 1.165) is 0 Å². The second-order valence-electron chi connectivity index (χ2n) is 3.09. The minimum atomic E-state index is -0.439. The summed E-state index contributed by atoms with van der Waals surface area (Å²) in [7, 11) is 1.33. The average Bonchev–Trinajstić information content (AvgIpc) is 2.01. The molecular weight excluding hydrogens is 158 g/mol. The second-order valence-corrected chi connectivity index (χ2v) is 3.09. The summed E-state index contributed by atoms with van der Waals surface area (Å²) in [4.78, 5) is 22.1. The molecule has 0 bridgehead atoms. The van der Waals surface area contributed by atoms with Crippen molar-refractivity contribution in [2.45, 2.75) is 31.8 Å². The van der Waals surface area contributed by atoms with E-state index in [1.807, 2.05) is 6.92 Å². The van der Waals surface area contributed by atoms with Crippen molar-refractivity contribution < 1.29 is 14.3 Å². The first-order valence-electron chi connectivity index (χ1n) is 3.99. The minimum absolute atomic E-state index is 0.0790. The van der Waals surface area contributed by atoms with Crippen LogP contribution < -0.4 is 5.32 Å². The molecule has 4 heteroatoms. The fraction of sp³-hybridized carbons (Fsp3) is 0.750. The second kappa shape index (κ2) is 3.67. The lowest BCUT2D eigenvalue weighted by molar-refractivity contribution is -0.146. The summed E-state index contributed by atoms with van der Waals surface area (Å²) in [6.07, 6.45) is 0.768. The third-order valence-electron chi connectivity index (χ3n) is 1.94. The highest BCUT2D eigenvalue weighted by molar-refractivity contribution is 5.88. The molecule has 1 aliphatic heterocycles. The number of carbonyl (C=O) groups excluding carboxylic acids is 2. The Hall–Kier alpha value is -0.900. The molecule has 12 heavy (non-hydrogen) atoms. The van der Waals surface area contributed by atoms with Gasteiger partial charge in [-0.3, -0.25) is 9.59 Å². The maximum absolute atomic E-state index is 11.1. The molecule has 1 aliphatic rings. The van der Waals surface area contributed by atoms with Gasteiger partial charge in [-0.15, -0.1) is 0 Å². The van der Waals surface area contributed by atoms with Gasteiger partial charge in [0.25, 0.3) is 0 Å². The van der Waals surface area contributed by atoms with E-state index in [4.69, 9.17) is 0 Å². The summed E-state index contributed by atoms with van der Waals surface area (Å²) in [6, 6.07) is -0.360. The van der Waals surface area contributed by atoms with Crippen molar-refractivity contribution in [1.82, 2.24) is 5.32 Å². The lowest BCUT2D eigenvalue weighted by Gasteiger charge is -2.25. The van der Waals surface area contributed by atoms with Crippen LogP contribution in [0.4, 0.5) is 0 Å². The van der Waals surface area contributed by atoms with Crippen molar-refractivity contribution in [3.63, 3.8) is 0 Å². The summed E-state index contributed by atoms with van der Waals surface area (Å²) in [5.74, 6) is -0.230. The quantitative estimate of drug-likeness (QED) is 0.558. The fourth-order valence-electron chi connectivity index (χ4n) is 1.41. The molecular formula is C8H13NO3. The molecule has 0 aromatic carbocycles. The molecule has 0 amide bonds. The van der Waals surface area contributed by atoms with Crippen LogP contribution in [0.3, 0.4) is 0 Å². The monoisotopic (exact) mass is 171 g/mol. The van der Waals surface area contributed by atoms with Crippen molar-refractivity contribution in [3.8, 4) is 0 Å². The van der Waals surface area contributed by atoms with E-state index in [9.17, 15) is 9.59 Å². The van der Waals surface area contributed by atoms with Gasteiger partial charge in [0, 0.05) is 18.9 Å². The topological polar surface area (TPSA) is 55.4 Å². The van der Waals surface area contributed by atoms with Gasteiger partial charge < -0.3 is 10.1 Å². The standard InChI is InChI=1S/C8H13NO3/c1-5-3-6(10)4-7(9-5)8(11)12-2/h5,7,9H,3-4H2,1-2H3/t5-,7-/m0/s1. The molecule has 1 rings (SSSR count). The van der Waals surface area contributed by atoms with Gasteiger partial charge in [0.15, 0.2) is 0 Å². The molecule has 0 unspecified atom stereocenters. The molecule has 0 saturated carbocycles. The van der Waals surface area contributed by atoms with E-state index in [1.54, 1.807) is 0 Å². The molecule has 68 valence electrons. The first-order chi connectivity index (χ1) is 5.63. The summed E-state index contributed by atoms with van der Waals surface area (Å²) in [5.41, 5.74) is 0. The first-order valence-corrected chi connectivity index (χ1v) is 3.99. The molecule has 0 aromatic heterocycles. The zero-order valence-corrected chi connectivity index (χ0v) is 7.29. The van der Waals surface area contributed by atoms with Gasteiger partial charge in [-0.05, 0) is 6.92 Å². The number of piperidine rings is 1. The van der Waals surface area contributed by atoms with Gasteiger partial charge in [-0.25, -0.2) is 0 Å². The van der Waals surface area contributed by atoms with Crippen molar-refractivity contribution in [2.75, 3.05) is 7.11 Å². The maximum Gasteiger partial charge on any atom is 0.323 e. The maximum atomic E-state index is 11.1. The molecule has 4 nitrogen and oxygen atoms in total.